The third-order valence-corrected chi connectivity index (χ3v) is 8.63. The largest absolute Gasteiger partial charge is 0.515 e. The molecule has 0 aromatic carbocycles. The lowest BCUT2D eigenvalue weighted by Crippen LogP contribution is -2.54. The van der Waals surface area contributed by atoms with Crippen molar-refractivity contribution >= 4 is 5.78 Å². The van der Waals surface area contributed by atoms with Gasteiger partial charge in [-0.3, -0.25) is 4.79 Å². The molecule has 3 heteroatoms. The van der Waals surface area contributed by atoms with Crippen molar-refractivity contribution in [2.24, 2.45) is 28.6 Å². The second kappa shape index (κ2) is 4.97. The number of fused-ring (bicyclic) bond motifs is 5. The first-order chi connectivity index (χ1) is 11.2. The Hall–Kier alpha value is -1.09. The Bertz CT molecular complexity index is 643. The number of rotatable bonds is 0. The molecular weight excluding hydrogens is 300 g/mol. The van der Waals surface area contributed by atoms with Gasteiger partial charge in [0, 0.05) is 5.57 Å². The Morgan fingerprint density at radius 3 is 2.54 bits per heavy atom. The quantitative estimate of drug-likeness (QED) is 0.514. The maximum absolute atomic E-state index is 12.2. The van der Waals surface area contributed by atoms with E-state index in [4.69, 9.17) is 0 Å². The normalized spacial score (nSPS) is 52.5. The zero-order valence-corrected chi connectivity index (χ0v) is 15.1. The van der Waals surface area contributed by atoms with Crippen molar-refractivity contribution in [3.8, 4) is 0 Å². The average molecular weight is 330 g/mol. The summed E-state index contributed by atoms with van der Waals surface area (Å²) in [6.45, 7) is 6.65. The molecule has 0 amide bonds. The summed E-state index contributed by atoms with van der Waals surface area (Å²) in [4.78, 5) is 12.2. The summed E-state index contributed by atoms with van der Waals surface area (Å²) < 4.78 is 0. The fraction of sp³-hybridized carbons (Fsp3) is 0.762. The summed E-state index contributed by atoms with van der Waals surface area (Å²) in [6, 6.07) is 0. The van der Waals surface area contributed by atoms with Gasteiger partial charge in [0.05, 0.1) is 11.9 Å². The lowest BCUT2D eigenvalue weighted by atomic mass is 9.46. The van der Waals surface area contributed by atoms with Crippen LogP contribution in [0.25, 0.3) is 0 Å². The van der Waals surface area contributed by atoms with Crippen LogP contribution >= 0.6 is 0 Å². The topological polar surface area (TPSA) is 57.5 Å². The number of allylic oxidation sites excluding steroid dienone is 2. The molecule has 0 aromatic rings. The van der Waals surface area contributed by atoms with Crippen molar-refractivity contribution in [1.82, 2.24) is 0 Å². The third kappa shape index (κ3) is 1.91. The van der Waals surface area contributed by atoms with Gasteiger partial charge >= 0.3 is 0 Å². The van der Waals surface area contributed by atoms with Crippen LogP contribution in [0.2, 0.25) is 0 Å². The molecule has 4 rings (SSSR count). The molecule has 0 saturated heterocycles. The number of hydrogen-bond donors (Lipinski definition) is 2. The predicted molar refractivity (Wildman–Crippen MR) is 93.4 cm³/mol. The second-order valence-corrected chi connectivity index (χ2v) is 9.47. The van der Waals surface area contributed by atoms with Crippen LogP contribution in [0.4, 0.5) is 0 Å². The summed E-state index contributed by atoms with van der Waals surface area (Å²) in [5.74, 6) is 1.78. The first-order valence-corrected chi connectivity index (χ1v) is 9.54. The van der Waals surface area contributed by atoms with Gasteiger partial charge < -0.3 is 10.2 Å². The molecule has 6 atom stereocenters. The van der Waals surface area contributed by atoms with E-state index in [1.165, 1.54) is 5.57 Å². The Morgan fingerprint density at radius 2 is 1.83 bits per heavy atom. The minimum absolute atomic E-state index is 0.00116. The summed E-state index contributed by atoms with van der Waals surface area (Å²) in [5.41, 5.74) is 1.35. The van der Waals surface area contributed by atoms with E-state index in [0.29, 0.717) is 29.7 Å². The molecule has 0 bridgehead atoms. The smallest absolute Gasteiger partial charge is 0.184 e. The molecular formula is C21H30O3. The van der Waals surface area contributed by atoms with Crippen LogP contribution in [0.3, 0.4) is 0 Å². The van der Waals surface area contributed by atoms with E-state index in [0.717, 1.165) is 44.8 Å². The number of carbonyl (C=O) groups excluding carboxylic acids is 1. The van der Waals surface area contributed by atoms with E-state index >= 15 is 0 Å². The van der Waals surface area contributed by atoms with Gasteiger partial charge in [0.1, 0.15) is 0 Å². The average Bonchev–Trinajstić information content (AvgIpc) is 2.77. The number of aliphatic hydroxyl groups excluding tert-OH is 1. The van der Waals surface area contributed by atoms with Crippen LogP contribution in [-0.2, 0) is 4.79 Å². The Kier molecular flexibility index (Phi) is 3.39. The fourth-order valence-electron chi connectivity index (χ4n) is 6.90. The Morgan fingerprint density at radius 1 is 1.12 bits per heavy atom. The van der Waals surface area contributed by atoms with Gasteiger partial charge in [0.15, 0.2) is 5.78 Å². The monoisotopic (exact) mass is 330 g/mol. The first-order valence-electron chi connectivity index (χ1n) is 9.54. The molecule has 3 saturated carbocycles. The molecule has 24 heavy (non-hydrogen) atoms. The van der Waals surface area contributed by atoms with E-state index in [1.807, 2.05) is 6.92 Å². The first kappa shape index (κ1) is 16.4. The molecule has 0 spiro atoms. The van der Waals surface area contributed by atoms with Crippen LogP contribution < -0.4 is 0 Å². The SMILES string of the molecule is C[C@]12C/C(=C/O)C(=O)C=C1CC[C@@H]1[C@@H]2CC[C@@]2(C)[C@H]1CC[C@]2(C)O. The Labute approximate surface area is 144 Å². The second-order valence-electron chi connectivity index (χ2n) is 9.47. The number of hydrogen-bond acceptors (Lipinski definition) is 3. The molecule has 3 nitrogen and oxygen atoms in total. The van der Waals surface area contributed by atoms with Crippen LogP contribution in [-0.4, -0.2) is 21.6 Å². The van der Waals surface area contributed by atoms with Gasteiger partial charge in [0.2, 0.25) is 0 Å². The molecule has 4 aliphatic carbocycles. The van der Waals surface area contributed by atoms with Crippen molar-refractivity contribution in [2.45, 2.75) is 71.3 Å². The highest BCUT2D eigenvalue weighted by Crippen LogP contribution is 2.67. The van der Waals surface area contributed by atoms with E-state index in [-0.39, 0.29) is 16.6 Å². The molecule has 0 radical (unpaired) electrons. The maximum Gasteiger partial charge on any atom is 0.184 e. The van der Waals surface area contributed by atoms with E-state index in [9.17, 15) is 15.0 Å². The summed E-state index contributed by atoms with van der Waals surface area (Å²) in [5, 5.41) is 20.4. The minimum Gasteiger partial charge on any atom is -0.515 e. The van der Waals surface area contributed by atoms with Crippen molar-refractivity contribution in [3.05, 3.63) is 23.5 Å². The lowest BCUT2D eigenvalue weighted by Gasteiger charge is -2.59. The van der Waals surface area contributed by atoms with Crippen LogP contribution in [0, 0.1) is 28.6 Å². The van der Waals surface area contributed by atoms with Gasteiger partial charge in [-0.1, -0.05) is 19.4 Å². The highest BCUT2D eigenvalue weighted by molar-refractivity contribution is 6.05. The third-order valence-electron chi connectivity index (χ3n) is 8.63. The van der Waals surface area contributed by atoms with Crippen molar-refractivity contribution in [1.29, 1.82) is 0 Å². The van der Waals surface area contributed by atoms with E-state index < -0.39 is 5.60 Å². The molecule has 0 aromatic heterocycles. The Balaban J connectivity index is 1.72. The molecule has 0 heterocycles. The molecule has 132 valence electrons. The molecule has 3 fully saturated rings. The van der Waals surface area contributed by atoms with Gasteiger partial charge in [-0.15, -0.1) is 0 Å². The number of ketones is 1. The van der Waals surface area contributed by atoms with Crippen LogP contribution in [0.5, 0.6) is 0 Å². The standard InChI is InChI=1S/C21H30O3/c1-19-11-13(12-22)18(23)10-14(19)4-5-15-16(19)6-8-20(2)17(15)7-9-21(20,3)24/h10,12,15-17,22,24H,4-9,11H2,1-3H3/b13-12-/t15-,16+,17+,19+,20+,21+/m1/s1. The van der Waals surface area contributed by atoms with Gasteiger partial charge in [0.25, 0.3) is 0 Å². The number of aliphatic hydroxyl groups is 2. The maximum atomic E-state index is 12.2. The van der Waals surface area contributed by atoms with E-state index in [2.05, 4.69) is 13.8 Å². The van der Waals surface area contributed by atoms with Crippen LogP contribution in [0.1, 0.15) is 65.7 Å². The lowest BCUT2D eigenvalue weighted by molar-refractivity contribution is -0.120. The summed E-state index contributed by atoms with van der Waals surface area (Å²) in [7, 11) is 0. The summed E-state index contributed by atoms with van der Waals surface area (Å²) in [6.07, 6.45) is 9.88. The predicted octanol–water partition coefficient (Wildman–Crippen LogP) is 4.32. The summed E-state index contributed by atoms with van der Waals surface area (Å²) >= 11 is 0. The molecule has 0 aliphatic heterocycles. The van der Waals surface area contributed by atoms with Crippen molar-refractivity contribution in [3.63, 3.8) is 0 Å². The van der Waals surface area contributed by atoms with Crippen LogP contribution in [0.15, 0.2) is 23.5 Å². The van der Waals surface area contributed by atoms with Crippen molar-refractivity contribution < 1.29 is 15.0 Å². The molecule has 2 N–H and O–H groups in total. The van der Waals surface area contributed by atoms with Crippen molar-refractivity contribution in [2.75, 3.05) is 0 Å². The minimum atomic E-state index is -0.543. The van der Waals surface area contributed by atoms with E-state index in [1.54, 1.807) is 6.08 Å². The zero-order valence-electron chi connectivity index (χ0n) is 15.1. The highest BCUT2D eigenvalue weighted by Gasteiger charge is 2.62. The van der Waals surface area contributed by atoms with Gasteiger partial charge in [-0.25, -0.2) is 0 Å². The highest BCUT2D eigenvalue weighted by atomic mass is 16.3. The van der Waals surface area contributed by atoms with Gasteiger partial charge in [-0.2, -0.15) is 0 Å². The molecule has 0 unspecified atom stereocenters. The van der Waals surface area contributed by atoms with Gasteiger partial charge in [-0.05, 0) is 86.5 Å². The number of carbonyl (C=O) groups is 1. The zero-order chi connectivity index (χ0) is 17.3. The fourth-order valence-corrected chi connectivity index (χ4v) is 6.90. The molecule has 4 aliphatic rings.